The van der Waals surface area contributed by atoms with Gasteiger partial charge in [-0.2, -0.15) is 0 Å². The number of carbonyl (C=O) groups excluding carboxylic acids is 2. The van der Waals surface area contributed by atoms with E-state index >= 15 is 0 Å². The number of nitrogens with zero attached hydrogens (tertiary/aromatic N) is 1. The molecule has 1 heterocycles. The highest BCUT2D eigenvalue weighted by Gasteiger charge is 2.45. The number of hydrogen-bond donors (Lipinski definition) is 1. The molecular weight excluding hydrogens is 384 g/mol. The molecule has 5 heteroatoms. The lowest BCUT2D eigenvalue weighted by molar-refractivity contribution is -0.133. The minimum atomic E-state index is -0.425. The zero-order valence-corrected chi connectivity index (χ0v) is 17.4. The highest BCUT2D eigenvalue weighted by molar-refractivity contribution is 6.30. The van der Waals surface area contributed by atoms with Gasteiger partial charge in [-0.25, -0.2) is 0 Å². The van der Waals surface area contributed by atoms with Gasteiger partial charge < -0.3 is 10.2 Å². The number of halogens is 1. The van der Waals surface area contributed by atoms with Crippen LogP contribution in [0.15, 0.2) is 48.5 Å². The minimum Gasteiger partial charge on any atom is -0.355 e. The minimum absolute atomic E-state index is 0.0745. The number of hydrogen-bond acceptors (Lipinski definition) is 2. The van der Waals surface area contributed by atoms with E-state index in [-0.39, 0.29) is 11.8 Å². The van der Waals surface area contributed by atoms with E-state index in [0.717, 1.165) is 37.8 Å². The molecule has 0 aromatic heterocycles. The second-order valence-corrected chi connectivity index (χ2v) is 8.57. The number of rotatable bonds is 6. The summed E-state index contributed by atoms with van der Waals surface area (Å²) in [6.07, 6.45) is 4.85. The molecule has 1 fully saturated rings. The Labute approximate surface area is 177 Å². The first kappa shape index (κ1) is 20.0. The van der Waals surface area contributed by atoms with Crippen molar-refractivity contribution in [2.75, 3.05) is 13.1 Å². The van der Waals surface area contributed by atoms with Crippen LogP contribution in [0.1, 0.15) is 48.8 Å². The van der Waals surface area contributed by atoms with E-state index in [9.17, 15) is 9.59 Å². The summed E-state index contributed by atoms with van der Waals surface area (Å²) in [5, 5.41) is 3.75. The first-order valence-corrected chi connectivity index (χ1v) is 10.9. The summed E-state index contributed by atoms with van der Waals surface area (Å²) in [7, 11) is 0. The van der Waals surface area contributed by atoms with Crippen LogP contribution in [0.2, 0.25) is 5.02 Å². The number of nitrogens with one attached hydrogen (secondary N) is 1. The smallest absolute Gasteiger partial charge is 0.230 e. The summed E-state index contributed by atoms with van der Waals surface area (Å²) in [6.45, 7) is 2.01. The van der Waals surface area contributed by atoms with Gasteiger partial charge in [0.05, 0.1) is 5.41 Å². The summed E-state index contributed by atoms with van der Waals surface area (Å²) in [5.74, 6) is 0.246. The molecule has 0 unspecified atom stereocenters. The van der Waals surface area contributed by atoms with E-state index in [4.69, 9.17) is 11.6 Å². The van der Waals surface area contributed by atoms with E-state index in [1.807, 2.05) is 35.2 Å². The highest BCUT2D eigenvalue weighted by Crippen LogP contribution is 2.44. The SMILES string of the molecule is O=C(CCCNC(=O)C1(c2ccc(Cl)cc2)CCC1)N1CCc2ccccc2C1. The van der Waals surface area contributed by atoms with Gasteiger partial charge in [-0.15, -0.1) is 0 Å². The normalized spacial score (nSPS) is 17.2. The molecule has 4 nitrogen and oxygen atoms in total. The van der Waals surface area contributed by atoms with Gasteiger partial charge in [0.25, 0.3) is 0 Å². The molecule has 2 aromatic rings. The molecule has 0 radical (unpaired) electrons. The first-order chi connectivity index (χ1) is 14.1. The number of benzene rings is 2. The molecule has 152 valence electrons. The Kier molecular flexibility index (Phi) is 5.91. The van der Waals surface area contributed by atoms with Crippen molar-refractivity contribution in [1.82, 2.24) is 10.2 Å². The van der Waals surface area contributed by atoms with Crippen LogP contribution in [0.3, 0.4) is 0 Å². The molecule has 0 spiro atoms. The molecule has 0 atom stereocenters. The fourth-order valence-electron chi connectivity index (χ4n) is 4.42. The molecule has 29 heavy (non-hydrogen) atoms. The lowest BCUT2D eigenvalue weighted by Gasteiger charge is -2.40. The summed E-state index contributed by atoms with van der Waals surface area (Å²) in [6, 6.07) is 15.9. The molecule has 1 saturated carbocycles. The van der Waals surface area contributed by atoms with Crippen LogP contribution < -0.4 is 5.32 Å². The Morgan fingerprint density at radius 2 is 1.76 bits per heavy atom. The molecule has 2 amide bonds. The second-order valence-electron chi connectivity index (χ2n) is 8.14. The topological polar surface area (TPSA) is 49.4 Å². The fraction of sp³-hybridized carbons (Fsp3) is 0.417. The fourth-order valence-corrected chi connectivity index (χ4v) is 4.55. The second kappa shape index (κ2) is 8.58. The molecule has 2 aliphatic rings. The van der Waals surface area contributed by atoms with Crippen LogP contribution in [0.5, 0.6) is 0 Å². The van der Waals surface area contributed by atoms with Gasteiger partial charge >= 0.3 is 0 Å². The summed E-state index contributed by atoms with van der Waals surface area (Å²) in [5.41, 5.74) is 3.20. The van der Waals surface area contributed by atoms with Crippen molar-refractivity contribution in [3.05, 3.63) is 70.2 Å². The van der Waals surface area contributed by atoms with Gasteiger partial charge in [0.1, 0.15) is 0 Å². The zero-order chi connectivity index (χ0) is 20.3. The zero-order valence-electron chi connectivity index (χ0n) is 16.6. The Morgan fingerprint density at radius 1 is 1.03 bits per heavy atom. The molecule has 1 N–H and O–H groups in total. The van der Waals surface area contributed by atoms with Crippen molar-refractivity contribution in [1.29, 1.82) is 0 Å². The van der Waals surface area contributed by atoms with Gasteiger partial charge in [0.15, 0.2) is 0 Å². The summed E-state index contributed by atoms with van der Waals surface area (Å²) in [4.78, 5) is 27.4. The highest BCUT2D eigenvalue weighted by atomic mass is 35.5. The maximum atomic E-state index is 12.9. The lowest BCUT2D eigenvalue weighted by atomic mass is 9.64. The summed E-state index contributed by atoms with van der Waals surface area (Å²) < 4.78 is 0. The van der Waals surface area contributed by atoms with E-state index in [1.54, 1.807) is 0 Å². The quantitative estimate of drug-likeness (QED) is 0.724. The van der Waals surface area contributed by atoms with Crippen LogP contribution in [0, 0.1) is 0 Å². The Bertz CT molecular complexity index is 890. The Morgan fingerprint density at radius 3 is 2.45 bits per heavy atom. The van der Waals surface area contributed by atoms with Gasteiger partial charge in [-0.05, 0) is 54.5 Å². The van der Waals surface area contributed by atoms with Gasteiger partial charge in [0.2, 0.25) is 11.8 Å². The molecule has 1 aliphatic heterocycles. The van der Waals surface area contributed by atoms with Crippen LogP contribution in [0.4, 0.5) is 0 Å². The van der Waals surface area contributed by atoms with Crippen molar-refractivity contribution in [2.24, 2.45) is 0 Å². The molecule has 0 saturated heterocycles. The largest absolute Gasteiger partial charge is 0.355 e. The van der Waals surface area contributed by atoms with Crippen LogP contribution in [-0.4, -0.2) is 29.8 Å². The van der Waals surface area contributed by atoms with E-state index < -0.39 is 5.41 Å². The summed E-state index contributed by atoms with van der Waals surface area (Å²) >= 11 is 5.99. The lowest BCUT2D eigenvalue weighted by Crippen LogP contribution is -2.49. The predicted octanol–water partition coefficient (Wildman–Crippen LogP) is 4.24. The predicted molar refractivity (Wildman–Crippen MR) is 115 cm³/mol. The van der Waals surface area contributed by atoms with Gasteiger partial charge in [0, 0.05) is 31.1 Å². The van der Waals surface area contributed by atoms with Crippen LogP contribution in [0.25, 0.3) is 0 Å². The van der Waals surface area contributed by atoms with E-state index in [1.165, 1.54) is 11.1 Å². The average molecular weight is 411 g/mol. The number of carbonyl (C=O) groups is 2. The monoisotopic (exact) mass is 410 g/mol. The molecule has 0 bridgehead atoms. The van der Waals surface area contributed by atoms with Crippen molar-refractivity contribution < 1.29 is 9.59 Å². The van der Waals surface area contributed by atoms with Gasteiger partial charge in [-0.3, -0.25) is 9.59 Å². The van der Waals surface area contributed by atoms with Crippen molar-refractivity contribution in [3.63, 3.8) is 0 Å². The third-order valence-corrected chi connectivity index (χ3v) is 6.63. The Hall–Kier alpha value is -2.33. The van der Waals surface area contributed by atoms with Crippen molar-refractivity contribution in [2.45, 2.75) is 50.5 Å². The maximum absolute atomic E-state index is 12.9. The third kappa shape index (κ3) is 4.18. The van der Waals surface area contributed by atoms with E-state index in [0.29, 0.717) is 31.0 Å². The van der Waals surface area contributed by atoms with Crippen LogP contribution in [-0.2, 0) is 28.0 Å². The molecular formula is C24H27ClN2O2. The van der Waals surface area contributed by atoms with Crippen LogP contribution >= 0.6 is 11.6 Å². The van der Waals surface area contributed by atoms with Gasteiger partial charge in [-0.1, -0.05) is 54.4 Å². The van der Waals surface area contributed by atoms with E-state index in [2.05, 4.69) is 23.5 Å². The number of amides is 2. The Balaban J connectivity index is 1.25. The third-order valence-electron chi connectivity index (χ3n) is 6.37. The first-order valence-electron chi connectivity index (χ1n) is 10.5. The molecule has 2 aromatic carbocycles. The standard InChI is InChI=1S/C24H27ClN2O2/c25-21-10-8-20(9-11-21)24(13-4-14-24)23(29)26-15-3-7-22(28)27-16-12-18-5-1-2-6-19(18)17-27/h1-2,5-6,8-11H,3-4,7,12-17H2,(H,26,29). The van der Waals surface area contributed by atoms with Crippen molar-refractivity contribution >= 4 is 23.4 Å². The molecule has 4 rings (SSSR count). The average Bonchev–Trinajstić information content (AvgIpc) is 2.71. The number of fused-ring (bicyclic) bond motifs is 1. The molecule has 1 aliphatic carbocycles. The maximum Gasteiger partial charge on any atom is 0.230 e. The van der Waals surface area contributed by atoms with Crippen molar-refractivity contribution in [3.8, 4) is 0 Å².